The van der Waals surface area contributed by atoms with Gasteiger partial charge < -0.3 is 20.3 Å². The number of piperidine rings is 1. The van der Waals surface area contributed by atoms with Crippen molar-refractivity contribution in [3.05, 3.63) is 22.4 Å². The molecule has 0 radical (unpaired) electrons. The third-order valence-corrected chi connectivity index (χ3v) is 5.00. The highest BCUT2D eigenvalue weighted by atomic mass is 127. The predicted molar refractivity (Wildman–Crippen MR) is 123 cm³/mol. The number of aliphatic imine (C=N–C) groups is 1. The van der Waals surface area contributed by atoms with Crippen LogP contribution in [0, 0.1) is 5.92 Å². The normalized spacial score (nSPS) is 15.9. The maximum Gasteiger partial charge on any atom is 0.410 e. The molecule has 1 amide bonds. The fraction of sp³-hybridized carbons (Fsp3) is 0.684. The number of amides is 1. The lowest BCUT2D eigenvalue weighted by atomic mass is 9.97. The van der Waals surface area contributed by atoms with Crippen molar-refractivity contribution in [2.75, 3.05) is 26.2 Å². The summed E-state index contributed by atoms with van der Waals surface area (Å²) in [5.74, 6) is 1.40. The molecule has 0 aliphatic carbocycles. The number of hydrogen-bond acceptors (Lipinski definition) is 4. The van der Waals surface area contributed by atoms with Crippen molar-refractivity contribution < 1.29 is 9.53 Å². The molecular weight excluding hydrogens is 475 g/mol. The minimum atomic E-state index is -0.435. The van der Waals surface area contributed by atoms with E-state index in [4.69, 9.17) is 4.74 Å². The summed E-state index contributed by atoms with van der Waals surface area (Å²) in [5, 5.41) is 8.81. The van der Waals surface area contributed by atoms with Crippen LogP contribution in [0.15, 0.2) is 22.5 Å². The SMILES string of the molecule is CCNC(=NCc1cccs1)NCC1CCN(C(=O)OC(C)(C)C)CC1.I. The fourth-order valence-corrected chi connectivity index (χ4v) is 3.42. The maximum absolute atomic E-state index is 12.1. The van der Waals surface area contributed by atoms with Gasteiger partial charge in [0, 0.05) is 31.1 Å². The summed E-state index contributed by atoms with van der Waals surface area (Å²) in [6, 6.07) is 4.15. The van der Waals surface area contributed by atoms with E-state index in [0.717, 1.165) is 45.0 Å². The average molecular weight is 508 g/mol. The molecule has 0 saturated carbocycles. The van der Waals surface area contributed by atoms with E-state index in [1.54, 1.807) is 11.3 Å². The van der Waals surface area contributed by atoms with Crippen LogP contribution >= 0.6 is 35.3 Å². The van der Waals surface area contributed by atoms with Gasteiger partial charge in [0.2, 0.25) is 0 Å². The lowest BCUT2D eigenvalue weighted by molar-refractivity contribution is 0.0185. The van der Waals surface area contributed by atoms with Crippen LogP contribution in [-0.4, -0.2) is 48.7 Å². The van der Waals surface area contributed by atoms with Crippen molar-refractivity contribution in [1.82, 2.24) is 15.5 Å². The first-order valence-electron chi connectivity index (χ1n) is 9.40. The second-order valence-corrected chi connectivity index (χ2v) is 8.60. The van der Waals surface area contributed by atoms with E-state index in [-0.39, 0.29) is 30.1 Å². The van der Waals surface area contributed by atoms with Gasteiger partial charge in [-0.1, -0.05) is 6.07 Å². The number of nitrogens with one attached hydrogen (secondary N) is 2. The van der Waals surface area contributed by atoms with Gasteiger partial charge in [0.1, 0.15) is 5.60 Å². The quantitative estimate of drug-likeness (QED) is 0.358. The number of rotatable bonds is 5. The third-order valence-electron chi connectivity index (χ3n) is 4.14. The van der Waals surface area contributed by atoms with Crippen LogP contribution in [0.2, 0.25) is 0 Å². The highest BCUT2D eigenvalue weighted by Gasteiger charge is 2.26. The summed E-state index contributed by atoms with van der Waals surface area (Å²) in [6.07, 6.45) is 1.77. The Morgan fingerprint density at radius 2 is 2.04 bits per heavy atom. The Kier molecular flexibility index (Phi) is 10.4. The molecule has 0 spiro atoms. The lowest BCUT2D eigenvalue weighted by Gasteiger charge is -2.33. The molecule has 0 bridgehead atoms. The molecule has 6 nitrogen and oxygen atoms in total. The van der Waals surface area contributed by atoms with E-state index in [9.17, 15) is 4.79 Å². The zero-order chi connectivity index (χ0) is 19.0. The first-order valence-corrected chi connectivity index (χ1v) is 10.3. The van der Waals surface area contributed by atoms with Crippen LogP contribution in [0.25, 0.3) is 0 Å². The summed E-state index contributed by atoms with van der Waals surface area (Å²) in [4.78, 5) is 19.8. The first-order chi connectivity index (χ1) is 12.4. The molecule has 27 heavy (non-hydrogen) atoms. The average Bonchev–Trinajstić information content (AvgIpc) is 3.10. The molecule has 8 heteroatoms. The minimum absolute atomic E-state index is 0. The Bertz CT molecular complexity index is 579. The van der Waals surface area contributed by atoms with Gasteiger partial charge in [-0.15, -0.1) is 35.3 Å². The largest absolute Gasteiger partial charge is 0.444 e. The Morgan fingerprint density at radius 3 is 2.59 bits per heavy atom. The van der Waals surface area contributed by atoms with E-state index < -0.39 is 5.60 Å². The van der Waals surface area contributed by atoms with Gasteiger partial charge in [0.05, 0.1) is 6.54 Å². The van der Waals surface area contributed by atoms with Crippen molar-refractivity contribution in [2.24, 2.45) is 10.9 Å². The zero-order valence-corrected chi connectivity index (χ0v) is 19.9. The van der Waals surface area contributed by atoms with Crippen LogP contribution < -0.4 is 10.6 Å². The number of hydrogen-bond donors (Lipinski definition) is 2. The number of guanidine groups is 1. The number of carbonyl (C=O) groups excluding carboxylic acids is 1. The summed E-state index contributed by atoms with van der Waals surface area (Å²) >= 11 is 1.72. The van der Waals surface area contributed by atoms with Gasteiger partial charge in [0.25, 0.3) is 0 Å². The molecule has 2 N–H and O–H groups in total. The Balaban J connectivity index is 0.00000364. The van der Waals surface area contributed by atoms with Crippen molar-refractivity contribution in [1.29, 1.82) is 0 Å². The molecule has 1 aromatic heterocycles. The zero-order valence-electron chi connectivity index (χ0n) is 16.8. The molecular formula is C19H33IN4O2S. The molecule has 2 rings (SSSR count). The number of carbonyl (C=O) groups is 1. The number of thiophene rings is 1. The molecule has 2 heterocycles. The van der Waals surface area contributed by atoms with E-state index >= 15 is 0 Å². The van der Waals surface area contributed by atoms with Crippen LogP contribution in [-0.2, 0) is 11.3 Å². The fourth-order valence-electron chi connectivity index (χ4n) is 2.79. The molecule has 1 aliphatic heterocycles. The molecule has 1 saturated heterocycles. The molecule has 1 aromatic rings. The monoisotopic (exact) mass is 508 g/mol. The third kappa shape index (κ3) is 9.14. The smallest absolute Gasteiger partial charge is 0.410 e. The second-order valence-electron chi connectivity index (χ2n) is 7.57. The number of halogens is 1. The molecule has 154 valence electrons. The van der Waals surface area contributed by atoms with E-state index in [2.05, 4.69) is 34.0 Å². The van der Waals surface area contributed by atoms with Gasteiger partial charge in [-0.25, -0.2) is 9.79 Å². The summed E-state index contributed by atoms with van der Waals surface area (Å²) in [7, 11) is 0. The molecule has 0 unspecified atom stereocenters. The summed E-state index contributed by atoms with van der Waals surface area (Å²) in [6.45, 7) is 11.7. The number of nitrogens with zero attached hydrogens (tertiary/aromatic N) is 2. The summed E-state index contributed by atoms with van der Waals surface area (Å²) < 4.78 is 5.45. The van der Waals surface area contributed by atoms with Gasteiger partial charge in [-0.3, -0.25) is 0 Å². The Labute approximate surface area is 184 Å². The number of likely N-dealkylation sites (tertiary alicyclic amines) is 1. The van der Waals surface area contributed by atoms with Crippen molar-refractivity contribution in [3.8, 4) is 0 Å². The number of ether oxygens (including phenoxy) is 1. The highest BCUT2D eigenvalue weighted by Crippen LogP contribution is 2.19. The highest BCUT2D eigenvalue weighted by molar-refractivity contribution is 14.0. The standard InChI is InChI=1S/C19H32N4O2S.HI/c1-5-20-17(22-14-16-7-6-12-26-16)21-13-15-8-10-23(11-9-15)18(24)25-19(2,3)4;/h6-7,12,15H,5,8-11,13-14H2,1-4H3,(H2,20,21,22);1H. The molecule has 0 atom stereocenters. The molecule has 1 fully saturated rings. The topological polar surface area (TPSA) is 66.0 Å². The Morgan fingerprint density at radius 1 is 1.33 bits per heavy atom. The van der Waals surface area contributed by atoms with Crippen LogP contribution in [0.5, 0.6) is 0 Å². The first kappa shape index (κ1) is 24.0. The predicted octanol–water partition coefficient (Wildman–Crippen LogP) is 4.07. The Hall–Kier alpha value is -1.03. The van der Waals surface area contributed by atoms with Crippen LogP contribution in [0.3, 0.4) is 0 Å². The van der Waals surface area contributed by atoms with E-state index in [0.29, 0.717) is 12.5 Å². The van der Waals surface area contributed by atoms with E-state index in [1.165, 1.54) is 4.88 Å². The van der Waals surface area contributed by atoms with Gasteiger partial charge >= 0.3 is 6.09 Å². The van der Waals surface area contributed by atoms with E-state index in [1.807, 2.05) is 31.7 Å². The second kappa shape index (κ2) is 11.7. The minimum Gasteiger partial charge on any atom is -0.444 e. The molecule has 1 aliphatic rings. The van der Waals surface area contributed by atoms with Crippen molar-refractivity contribution in [2.45, 2.75) is 52.7 Å². The maximum atomic E-state index is 12.1. The summed E-state index contributed by atoms with van der Waals surface area (Å²) in [5.41, 5.74) is -0.435. The van der Waals surface area contributed by atoms with Gasteiger partial charge in [-0.05, 0) is 57.9 Å². The lowest BCUT2D eigenvalue weighted by Crippen LogP contribution is -2.45. The van der Waals surface area contributed by atoms with Crippen molar-refractivity contribution >= 4 is 47.4 Å². The van der Waals surface area contributed by atoms with Crippen LogP contribution in [0.4, 0.5) is 4.79 Å². The van der Waals surface area contributed by atoms with Gasteiger partial charge in [-0.2, -0.15) is 0 Å². The van der Waals surface area contributed by atoms with Crippen LogP contribution in [0.1, 0.15) is 45.4 Å². The molecule has 0 aromatic carbocycles. The van der Waals surface area contributed by atoms with Crippen molar-refractivity contribution in [3.63, 3.8) is 0 Å². The van der Waals surface area contributed by atoms with Gasteiger partial charge in [0.15, 0.2) is 5.96 Å².